The van der Waals surface area contributed by atoms with E-state index < -0.39 is 36.9 Å². The van der Waals surface area contributed by atoms with Crippen molar-refractivity contribution in [1.29, 1.82) is 0 Å². The first-order valence-electron chi connectivity index (χ1n) is 10.7. The molecule has 1 heterocycles. The van der Waals surface area contributed by atoms with E-state index in [0.717, 1.165) is 5.56 Å². The van der Waals surface area contributed by atoms with Crippen molar-refractivity contribution in [3.8, 4) is 5.75 Å². The maximum atomic E-state index is 13.0. The second kappa shape index (κ2) is 10.7. The predicted molar refractivity (Wildman–Crippen MR) is 126 cm³/mol. The van der Waals surface area contributed by atoms with Crippen LogP contribution in [0.4, 0.5) is 5.69 Å². The zero-order valence-corrected chi connectivity index (χ0v) is 18.9. The van der Waals surface area contributed by atoms with Gasteiger partial charge in [0.2, 0.25) is 5.91 Å². The number of nitrogens with one attached hydrogen (secondary N) is 2. The summed E-state index contributed by atoms with van der Waals surface area (Å²) in [5, 5.41) is 25.2. The molecule has 3 rings (SSSR count). The molecule has 8 N–H and O–H groups in total. The maximum absolute atomic E-state index is 13.0. The van der Waals surface area contributed by atoms with Gasteiger partial charge in [0.25, 0.3) is 5.91 Å². The highest BCUT2D eigenvalue weighted by Crippen LogP contribution is 2.30. The van der Waals surface area contributed by atoms with Crippen molar-refractivity contribution < 1.29 is 29.2 Å². The van der Waals surface area contributed by atoms with Gasteiger partial charge in [-0.1, -0.05) is 18.2 Å². The Kier molecular flexibility index (Phi) is 7.89. The van der Waals surface area contributed by atoms with Gasteiger partial charge in [-0.05, 0) is 49.8 Å². The van der Waals surface area contributed by atoms with Crippen LogP contribution in [0.1, 0.15) is 31.8 Å². The number of para-hydroxylation sites is 1. The van der Waals surface area contributed by atoms with E-state index >= 15 is 0 Å². The van der Waals surface area contributed by atoms with E-state index in [4.69, 9.17) is 16.1 Å². The van der Waals surface area contributed by atoms with Crippen molar-refractivity contribution in [2.45, 2.75) is 24.9 Å². The number of hydrogen-bond acceptors (Lipinski definition) is 8. The van der Waals surface area contributed by atoms with E-state index in [9.17, 15) is 24.5 Å². The second-order valence-corrected chi connectivity index (χ2v) is 8.33. The number of carboxylic acid groups (broad SMARTS) is 1. The largest absolute Gasteiger partial charge is 0.547 e. The van der Waals surface area contributed by atoms with Crippen molar-refractivity contribution >= 4 is 30.6 Å². The van der Waals surface area contributed by atoms with Crippen molar-refractivity contribution in [2.75, 3.05) is 26.0 Å². The van der Waals surface area contributed by atoms with Crippen LogP contribution in [0.2, 0.25) is 0 Å². The van der Waals surface area contributed by atoms with E-state index in [1.807, 2.05) is 19.0 Å². The van der Waals surface area contributed by atoms with E-state index in [0.29, 0.717) is 17.8 Å². The smallest absolute Gasteiger partial charge is 0.534 e. The molecule has 0 saturated heterocycles. The van der Waals surface area contributed by atoms with Gasteiger partial charge in [0, 0.05) is 24.3 Å². The first-order chi connectivity index (χ1) is 16.1. The predicted octanol–water partition coefficient (Wildman–Crippen LogP) is -0.576. The summed E-state index contributed by atoms with van der Waals surface area (Å²) in [6.45, 7) is 0.479. The van der Waals surface area contributed by atoms with Crippen LogP contribution in [0, 0.1) is 0 Å². The minimum absolute atomic E-state index is 0.0281. The lowest BCUT2D eigenvalue weighted by Crippen LogP contribution is -2.53. The highest BCUT2D eigenvalue weighted by molar-refractivity contribution is 6.47. The van der Waals surface area contributed by atoms with Gasteiger partial charge in [-0.25, -0.2) is 4.79 Å². The van der Waals surface area contributed by atoms with Crippen LogP contribution in [-0.2, 0) is 17.8 Å². The molecule has 2 aromatic rings. The first-order valence-corrected chi connectivity index (χ1v) is 10.7. The minimum atomic E-state index is -1.44. The molecular weight excluding hydrogens is 441 g/mol. The molecule has 1 aliphatic heterocycles. The molecule has 2 aromatic carbocycles. The highest BCUT2D eigenvalue weighted by Gasteiger charge is 2.38. The molecule has 2 atom stereocenters. The molecule has 0 saturated carbocycles. The maximum Gasteiger partial charge on any atom is 0.547 e. The number of carboxylic acids is 1. The van der Waals surface area contributed by atoms with Crippen LogP contribution < -0.4 is 26.8 Å². The van der Waals surface area contributed by atoms with Crippen LogP contribution in [-0.4, -0.2) is 72.6 Å². The summed E-state index contributed by atoms with van der Waals surface area (Å²) in [6.07, 6.45) is 0.178. The van der Waals surface area contributed by atoms with Crippen molar-refractivity contribution in [1.82, 2.24) is 10.2 Å². The molecule has 2 amide bonds. The van der Waals surface area contributed by atoms with Gasteiger partial charge < -0.3 is 41.8 Å². The van der Waals surface area contributed by atoms with Gasteiger partial charge in [0.15, 0.2) is 0 Å². The molecule has 0 fully saturated rings. The molecule has 180 valence electrons. The van der Waals surface area contributed by atoms with E-state index in [-0.39, 0.29) is 29.8 Å². The molecule has 0 aromatic heterocycles. The number of nitrogens with zero attached hydrogens (tertiary/aromatic N) is 1. The lowest BCUT2D eigenvalue weighted by Gasteiger charge is -2.29. The highest BCUT2D eigenvalue weighted by atomic mass is 16.5. The fourth-order valence-corrected chi connectivity index (χ4v) is 3.61. The molecule has 12 heteroatoms. The average Bonchev–Trinajstić information content (AvgIpc) is 2.79. The Balaban J connectivity index is 1.81. The topological polar surface area (TPSA) is 180 Å². The summed E-state index contributed by atoms with van der Waals surface area (Å²) in [5.41, 5.74) is 13.1. The fourth-order valence-electron chi connectivity index (χ4n) is 3.61. The standard InChI is InChI=1S/C22H28BN5O6/c1-28(2)11-14-7-6-13(8-17(14)26-21(30)16(25)10-24)20(29)27-18-9-12-4-3-5-15(22(31)32)19(12)34-23(18)33/h3-8,16,18,33H,9-11,24-25H2,1-2H3,(H,26,30)(H,27,29)(H,31,32)/t16-,18-/m0/s1. The summed E-state index contributed by atoms with van der Waals surface area (Å²) < 4.78 is 5.42. The van der Waals surface area contributed by atoms with Gasteiger partial charge in [0.1, 0.15) is 5.75 Å². The fraction of sp³-hybridized carbons (Fsp3) is 0.318. The van der Waals surface area contributed by atoms with Crippen LogP contribution in [0.15, 0.2) is 36.4 Å². The third-order valence-electron chi connectivity index (χ3n) is 5.37. The Morgan fingerprint density at radius 3 is 2.65 bits per heavy atom. The lowest BCUT2D eigenvalue weighted by molar-refractivity contribution is -0.117. The first kappa shape index (κ1) is 25.2. The molecule has 1 aliphatic rings. The minimum Gasteiger partial charge on any atom is -0.534 e. The number of hydrogen-bond donors (Lipinski definition) is 6. The average molecular weight is 469 g/mol. The number of amides is 2. The van der Waals surface area contributed by atoms with E-state index in [2.05, 4.69) is 10.6 Å². The zero-order chi connectivity index (χ0) is 25.0. The number of aromatic carboxylic acids is 1. The molecule has 34 heavy (non-hydrogen) atoms. The Morgan fingerprint density at radius 1 is 1.26 bits per heavy atom. The van der Waals surface area contributed by atoms with Crippen LogP contribution in [0.25, 0.3) is 0 Å². The van der Waals surface area contributed by atoms with E-state index in [1.165, 1.54) is 12.1 Å². The molecule has 11 nitrogen and oxygen atoms in total. The van der Waals surface area contributed by atoms with Crippen molar-refractivity contribution in [3.05, 3.63) is 58.7 Å². The number of rotatable bonds is 8. The van der Waals surface area contributed by atoms with Crippen molar-refractivity contribution in [2.24, 2.45) is 11.5 Å². The molecular formula is C22H28BN5O6. The monoisotopic (exact) mass is 469 g/mol. The summed E-state index contributed by atoms with van der Waals surface area (Å²) in [4.78, 5) is 38.6. The van der Waals surface area contributed by atoms with Gasteiger partial charge in [-0.2, -0.15) is 0 Å². The normalized spacial score (nSPS) is 15.8. The van der Waals surface area contributed by atoms with Gasteiger partial charge in [0.05, 0.1) is 17.5 Å². The third-order valence-corrected chi connectivity index (χ3v) is 5.37. The SMILES string of the molecule is CN(C)Cc1ccc(C(=O)N[C@H]2Cc3cccc(C(=O)O)c3OB2O)cc1NC(=O)[C@@H](N)CN. The summed E-state index contributed by atoms with van der Waals surface area (Å²) in [5.74, 6) is -2.87. The zero-order valence-electron chi connectivity index (χ0n) is 18.9. The Bertz CT molecular complexity index is 1100. The van der Waals surface area contributed by atoms with E-state index in [1.54, 1.807) is 24.3 Å². The molecule has 0 radical (unpaired) electrons. The quantitative estimate of drug-likeness (QED) is 0.276. The number of nitrogens with two attached hydrogens (primary N) is 2. The van der Waals surface area contributed by atoms with Crippen LogP contribution in [0.5, 0.6) is 5.75 Å². The number of fused-ring (bicyclic) bond motifs is 1. The molecule has 0 aliphatic carbocycles. The Labute approximate surface area is 197 Å². The number of anilines is 1. The summed E-state index contributed by atoms with van der Waals surface area (Å²) in [6, 6.07) is 8.61. The molecule has 0 unspecified atom stereocenters. The van der Waals surface area contributed by atoms with Gasteiger partial charge in [-0.15, -0.1) is 0 Å². The Morgan fingerprint density at radius 2 is 2.00 bits per heavy atom. The molecule has 0 bridgehead atoms. The van der Waals surface area contributed by atoms with Crippen LogP contribution >= 0.6 is 0 Å². The summed E-state index contributed by atoms with van der Waals surface area (Å²) in [7, 11) is 2.30. The Hall–Kier alpha value is -3.45. The number of carbonyl (C=O) groups is 3. The third kappa shape index (κ3) is 5.72. The molecule has 0 spiro atoms. The number of benzene rings is 2. The lowest BCUT2D eigenvalue weighted by atomic mass is 9.72. The van der Waals surface area contributed by atoms with Crippen molar-refractivity contribution in [3.63, 3.8) is 0 Å². The van der Waals surface area contributed by atoms with Crippen LogP contribution in [0.3, 0.4) is 0 Å². The van der Waals surface area contributed by atoms with Gasteiger partial charge >= 0.3 is 13.1 Å². The summed E-state index contributed by atoms with van der Waals surface area (Å²) >= 11 is 0. The second-order valence-electron chi connectivity index (χ2n) is 8.33. The van der Waals surface area contributed by atoms with Gasteiger partial charge in [-0.3, -0.25) is 9.59 Å². The number of carbonyl (C=O) groups excluding carboxylic acids is 2.